The Hall–Kier alpha value is -3.53. The molecule has 2 aromatic rings. The molecule has 5 rings (SSSR count). The minimum absolute atomic E-state index is 0.0126. The molecule has 6 atom stereocenters. The number of fused-ring (bicyclic) bond motifs is 3. The van der Waals surface area contributed by atoms with Crippen LogP contribution in [0.2, 0.25) is 0 Å². The number of piperidine rings is 1. The molecule has 2 unspecified atom stereocenters. The number of hydrogen-bond acceptors (Lipinski definition) is 7. The van der Waals surface area contributed by atoms with Crippen LogP contribution in [0.15, 0.2) is 36.5 Å². The molecule has 1 aromatic carbocycles. The molecule has 3 fully saturated rings. The molecular weight excluding hydrogens is 500 g/mol. The number of carbonyl (C=O) groups is 4. The molecule has 2 bridgehead atoms. The number of ether oxygens (including phenoxy) is 2. The average Bonchev–Trinajstić information content (AvgIpc) is 3.60. The third-order valence-electron chi connectivity index (χ3n) is 8.01. The molecule has 3 amide bonds. The highest BCUT2D eigenvalue weighted by molar-refractivity contribution is 6.06. The summed E-state index contributed by atoms with van der Waals surface area (Å²) in [6, 6.07) is 7.04. The van der Waals surface area contributed by atoms with Crippen molar-refractivity contribution < 1.29 is 28.7 Å². The summed E-state index contributed by atoms with van der Waals surface area (Å²) in [5.74, 6) is -1.47. The van der Waals surface area contributed by atoms with Crippen molar-refractivity contribution in [2.24, 2.45) is 11.3 Å². The number of amides is 3. The zero-order chi connectivity index (χ0) is 27.9. The van der Waals surface area contributed by atoms with Crippen molar-refractivity contribution in [2.75, 3.05) is 6.61 Å². The van der Waals surface area contributed by atoms with Crippen molar-refractivity contribution in [3.63, 3.8) is 0 Å². The average molecular weight is 537 g/mol. The number of benzene rings is 1. The van der Waals surface area contributed by atoms with Crippen LogP contribution in [-0.2, 0) is 23.9 Å². The van der Waals surface area contributed by atoms with Crippen molar-refractivity contribution in [3.8, 4) is 0 Å². The molecule has 0 spiro atoms. The number of nitrogens with zero attached hydrogens (tertiary/aromatic N) is 2. The normalized spacial score (nSPS) is 26.9. The number of hydrogen-bond donors (Lipinski definition) is 2. The molecule has 10 nitrogen and oxygen atoms in total. The Balaban J connectivity index is 1.38. The minimum atomic E-state index is -0.881. The van der Waals surface area contributed by atoms with E-state index in [2.05, 4.69) is 15.6 Å². The van der Waals surface area contributed by atoms with E-state index in [1.165, 1.54) is 0 Å². The summed E-state index contributed by atoms with van der Waals surface area (Å²) in [4.78, 5) is 59.1. The molecule has 2 saturated heterocycles. The van der Waals surface area contributed by atoms with Gasteiger partial charge in [-0.05, 0) is 49.0 Å². The summed E-state index contributed by atoms with van der Waals surface area (Å²) in [7, 11) is 0. The van der Waals surface area contributed by atoms with Gasteiger partial charge in [0, 0.05) is 24.2 Å². The number of esters is 1. The smallest absolute Gasteiger partial charge is 0.310 e. The summed E-state index contributed by atoms with van der Waals surface area (Å²) in [5.41, 5.74) is -0.383. The predicted octanol–water partition coefficient (Wildman–Crippen LogP) is 2.55. The van der Waals surface area contributed by atoms with Gasteiger partial charge in [0.25, 0.3) is 5.91 Å². The van der Waals surface area contributed by atoms with Crippen LogP contribution in [-0.4, -0.2) is 70.6 Å². The second kappa shape index (κ2) is 10.6. The van der Waals surface area contributed by atoms with E-state index in [1.807, 2.05) is 51.1 Å². The highest BCUT2D eigenvalue weighted by atomic mass is 16.7. The van der Waals surface area contributed by atoms with Gasteiger partial charge in [0.15, 0.2) is 0 Å². The zero-order valence-corrected chi connectivity index (χ0v) is 22.8. The van der Waals surface area contributed by atoms with Crippen molar-refractivity contribution in [2.45, 2.75) is 83.8 Å². The fourth-order valence-corrected chi connectivity index (χ4v) is 6.18. The number of rotatable bonds is 7. The van der Waals surface area contributed by atoms with Gasteiger partial charge in [-0.3, -0.25) is 24.2 Å². The van der Waals surface area contributed by atoms with Gasteiger partial charge in [-0.1, -0.05) is 45.0 Å². The molecule has 1 aromatic heterocycles. The van der Waals surface area contributed by atoms with Crippen LogP contribution in [0, 0.1) is 11.3 Å². The third kappa shape index (κ3) is 5.22. The maximum absolute atomic E-state index is 14.2. The van der Waals surface area contributed by atoms with Gasteiger partial charge in [-0.25, -0.2) is 0 Å². The topological polar surface area (TPSA) is 127 Å². The molecule has 10 heteroatoms. The van der Waals surface area contributed by atoms with E-state index in [0.717, 1.165) is 24.6 Å². The Bertz CT molecular complexity index is 1280. The van der Waals surface area contributed by atoms with Crippen LogP contribution in [0.3, 0.4) is 0 Å². The number of nitrogens with one attached hydrogen (secondary N) is 2. The Labute approximate surface area is 227 Å². The van der Waals surface area contributed by atoms with Gasteiger partial charge in [0.2, 0.25) is 18.1 Å². The van der Waals surface area contributed by atoms with E-state index in [1.54, 1.807) is 18.0 Å². The monoisotopic (exact) mass is 536 g/mol. The van der Waals surface area contributed by atoms with Crippen molar-refractivity contribution in [3.05, 3.63) is 42.2 Å². The molecule has 1 aliphatic carbocycles. The van der Waals surface area contributed by atoms with E-state index >= 15 is 0 Å². The number of pyridine rings is 1. The van der Waals surface area contributed by atoms with Gasteiger partial charge in [-0.2, -0.15) is 0 Å². The van der Waals surface area contributed by atoms with Crippen molar-refractivity contribution in [1.82, 2.24) is 20.5 Å². The van der Waals surface area contributed by atoms with Crippen LogP contribution in [0.5, 0.6) is 0 Å². The number of likely N-dealkylation sites (tertiary alicyclic amines) is 1. The van der Waals surface area contributed by atoms with Crippen LogP contribution in [0.4, 0.5) is 0 Å². The Morgan fingerprint density at radius 1 is 1.18 bits per heavy atom. The first-order chi connectivity index (χ1) is 18.6. The zero-order valence-electron chi connectivity index (χ0n) is 22.8. The molecule has 3 heterocycles. The second-order valence-corrected chi connectivity index (χ2v) is 11.7. The third-order valence-corrected chi connectivity index (χ3v) is 8.01. The minimum Gasteiger partial charge on any atom is -0.433 e. The largest absolute Gasteiger partial charge is 0.433 e. The molecule has 0 radical (unpaired) electrons. The van der Waals surface area contributed by atoms with E-state index in [9.17, 15) is 19.2 Å². The van der Waals surface area contributed by atoms with Crippen LogP contribution in [0.25, 0.3) is 10.8 Å². The Morgan fingerprint density at radius 3 is 2.69 bits per heavy atom. The lowest BCUT2D eigenvalue weighted by atomic mass is 9.84. The van der Waals surface area contributed by atoms with Gasteiger partial charge in [0.1, 0.15) is 23.8 Å². The van der Waals surface area contributed by atoms with Gasteiger partial charge in [0.05, 0.1) is 6.42 Å². The second-order valence-electron chi connectivity index (χ2n) is 11.7. The number of aromatic nitrogens is 1. The van der Waals surface area contributed by atoms with E-state index in [-0.39, 0.29) is 35.9 Å². The summed E-state index contributed by atoms with van der Waals surface area (Å²) in [6.45, 7) is 7.80. The van der Waals surface area contributed by atoms with E-state index < -0.39 is 41.7 Å². The maximum Gasteiger partial charge on any atom is 0.310 e. The van der Waals surface area contributed by atoms with Gasteiger partial charge >= 0.3 is 5.97 Å². The lowest BCUT2D eigenvalue weighted by molar-refractivity contribution is -0.165. The van der Waals surface area contributed by atoms with E-state index in [0.29, 0.717) is 12.0 Å². The standard InChI is InChI=1S/C29H36N4O6/c1-5-38-28-20(15-21(34)39-28)31-26(36)23-17-10-11-18(14-17)33(23)27(37)24(29(2,3)4)32-25(35)22-19-9-7-6-8-16(19)12-13-30-22/h6-9,12-13,17-18,20,23-24,28H,5,10-11,14-15H2,1-4H3,(H,31,36)(H,32,35)/t17-,18?,20?,23-,24+,28-/m0/s1. The van der Waals surface area contributed by atoms with Crippen molar-refractivity contribution in [1.29, 1.82) is 0 Å². The predicted molar refractivity (Wildman–Crippen MR) is 142 cm³/mol. The quantitative estimate of drug-likeness (QED) is 0.521. The Kier molecular flexibility index (Phi) is 7.33. The maximum atomic E-state index is 14.2. The molecule has 2 aliphatic heterocycles. The summed E-state index contributed by atoms with van der Waals surface area (Å²) < 4.78 is 10.7. The van der Waals surface area contributed by atoms with Crippen LogP contribution < -0.4 is 10.6 Å². The van der Waals surface area contributed by atoms with E-state index in [4.69, 9.17) is 9.47 Å². The van der Waals surface area contributed by atoms with Crippen LogP contribution in [0.1, 0.15) is 63.9 Å². The molecular formula is C29H36N4O6. The number of cyclic esters (lactones) is 1. The van der Waals surface area contributed by atoms with Crippen LogP contribution >= 0.6 is 0 Å². The SMILES string of the molecule is CCO[C@H]1OC(=O)CC1NC(=O)[C@@H]1[C@H]2CCC(C2)N1C(=O)[C@@H](NC(=O)c1nccc2ccccc12)C(C)(C)C. The lowest BCUT2D eigenvalue weighted by Crippen LogP contribution is -2.62. The fraction of sp³-hybridized carbons (Fsp3) is 0.552. The lowest BCUT2D eigenvalue weighted by Gasteiger charge is -2.40. The molecule has 208 valence electrons. The van der Waals surface area contributed by atoms with Gasteiger partial charge in [-0.15, -0.1) is 0 Å². The first-order valence-corrected chi connectivity index (χ1v) is 13.7. The molecule has 39 heavy (non-hydrogen) atoms. The highest BCUT2D eigenvalue weighted by Gasteiger charge is 2.54. The molecule has 3 aliphatic rings. The summed E-state index contributed by atoms with van der Waals surface area (Å²) in [5, 5.41) is 7.45. The number of carbonyl (C=O) groups excluding carboxylic acids is 4. The van der Waals surface area contributed by atoms with Gasteiger partial charge < -0.3 is 25.0 Å². The van der Waals surface area contributed by atoms with Crippen molar-refractivity contribution >= 4 is 34.5 Å². The Morgan fingerprint density at radius 2 is 1.95 bits per heavy atom. The molecule has 2 N–H and O–H groups in total. The fourth-order valence-electron chi connectivity index (χ4n) is 6.18. The summed E-state index contributed by atoms with van der Waals surface area (Å²) >= 11 is 0. The first-order valence-electron chi connectivity index (χ1n) is 13.7. The summed E-state index contributed by atoms with van der Waals surface area (Å²) in [6.07, 6.45) is 3.14. The molecule has 1 saturated carbocycles. The highest BCUT2D eigenvalue weighted by Crippen LogP contribution is 2.44. The first kappa shape index (κ1) is 27.1.